The van der Waals surface area contributed by atoms with Gasteiger partial charge in [0.2, 0.25) is 0 Å². The second-order valence-electron chi connectivity index (χ2n) is 5.91. The van der Waals surface area contributed by atoms with Gasteiger partial charge in [-0.05, 0) is 73.4 Å². The van der Waals surface area contributed by atoms with Gasteiger partial charge in [-0.15, -0.1) is 0 Å². The highest BCUT2D eigenvalue weighted by molar-refractivity contribution is 7.80. The fraction of sp³-hybridized carbons (Fsp3) is 0.263. The zero-order valence-corrected chi connectivity index (χ0v) is 15.7. The number of thiocarbonyl (C=S) groups is 1. The third-order valence-corrected chi connectivity index (χ3v) is 4.59. The lowest BCUT2D eigenvalue weighted by atomic mass is 9.99. The lowest BCUT2D eigenvalue weighted by Crippen LogP contribution is -2.28. The number of fused-ring (bicyclic) bond motifs is 1. The van der Waals surface area contributed by atoms with Crippen LogP contribution in [0.1, 0.15) is 24.5 Å². The van der Waals surface area contributed by atoms with Gasteiger partial charge in [0.25, 0.3) is 0 Å². The largest absolute Gasteiger partial charge is 0.372 e. The Labute approximate surface area is 158 Å². The molecule has 1 aliphatic rings. The van der Waals surface area contributed by atoms with E-state index in [0.717, 1.165) is 30.8 Å². The van der Waals surface area contributed by atoms with Gasteiger partial charge in [-0.2, -0.15) is 5.10 Å². The minimum atomic E-state index is 0.425. The molecule has 2 aromatic rings. The molecular weight excluding hydrogens is 352 g/mol. The molecule has 1 heterocycles. The van der Waals surface area contributed by atoms with Crippen LogP contribution in [0.15, 0.2) is 47.6 Å². The highest BCUT2D eigenvalue weighted by Gasteiger charge is 2.15. The zero-order valence-electron chi connectivity index (χ0n) is 14.1. The summed E-state index contributed by atoms with van der Waals surface area (Å²) < 4.78 is 0. The predicted molar refractivity (Wildman–Crippen MR) is 111 cm³/mol. The average molecular weight is 373 g/mol. The van der Waals surface area contributed by atoms with E-state index in [1.807, 2.05) is 24.3 Å². The maximum atomic E-state index is 5.95. The summed E-state index contributed by atoms with van der Waals surface area (Å²) in [4.78, 5) is 2.42. The van der Waals surface area contributed by atoms with Gasteiger partial charge in [0.1, 0.15) is 0 Å². The van der Waals surface area contributed by atoms with Crippen LogP contribution in [0.3, 0.4) is 0 Å². The van der Waals surface area contributed by atoms with Crippen LogP contribution < -0.4 is 15.6 Å². The van der Waals surface area contributed by atoms with Crippen LogP contribution >= 0.6 is 23.8 Å². The number of nitrogens with zero attached hydrogens (tertiary/aromatic N) is 2. The summed E-state index contributed by atoms with van der Waals surface area (Å²) in [5.41, 5.74) is 7.46. The molecule has 3 rings (SSSR count). The minimum absolute atomic E-state index is 0.425. The quantitative estimate of drug-likeness (QED) is 0.473. The highest BCUT2D eigenvalue weighted by Crippen LogP contribution is 2.27. The van der Waals surface area contributed by atoms with Crippen LogP contribution in [0.25, 0.3) is 0 Å². The summed E-state index contributed by atoms with van der Waals surface area (Å²) in [6.07, 6.45) is 4.11. The summed E-state index contributed by atoms with van der Waals surface area (Å²) in [5.74, 6) is 0. The normalized spacial score (nSPS) is 13.6. The topological polar surface area (TPSA) is 39.7 Å². The number of halogens is 1. The maximum Gasteiger partial charge on any atom is 0.191 e. The Kier molecular flexibility index (Phi) is 5.89. The van der Waals surface area contributed by atoms with Crippen LogP contribution in [0, 0.1) is 0 Å². The first-order valence-electron chi connectivity index (χ1n) is 8.39. The summed E-state index contributed by atoms with van der Waals surface area (Å²) >= 11 is 11.2. The van der Waals surface area contributed by atoms with Gasteiger partial charge in [-0.3, -0.25) is 5.43 Å². The second kappa shape index (κ2) is 8.32. The van der Waals surface area contributed by atoms with Gasteiger partial charge in [0.05, 0.1) is 6.21 Å². The minimum Gasteiger partial charge on any atom is -0.372 e. The van der Waals surface area contributed by atoms with Crippen molar-refractivity contribution in [1.82, 2.24) is 5.43 Å². The monoisotopic (exact) mass is 372 g/mol. The van der Waals surface area contributed by atoms with Crippen molar-refractivity contribution in [2.45, 2.75) is 19.8 Å². The smallest absolute Gasteiger partial charge is 0.191 e. The molecule has 0 saturated heterocycles. The van der Waals surface area contributed by atoms with E-state index in [2.05, 4.69) is 45.9 Å². The lowest BCUT2D eigenvalue weighted by molar-refractivity contribution is 0.708. The lowest BCUT2D eigenvalue weighted by Gasteiger charge is -2.30. The molecule has 130 valence electrons. The van der Waals surface area contributed by atoms with E-state index >= 15 is 0 Å². The Morgan fingerprint density at radius 2 is 2.20 bits per heavy atom. The molecule has 4 nitrogen and oxygen atoms in total. The van der Waals surface area contributed by atoms with Crippen molar-refractivity contribution in [2.24, 2.45) is 5.10 Å². The van der Waals surface area contributed by atoms with E-state index in [-0.39, 0.29) is 0 Å². The molecule has 0 aliphatic carbocycles. The number of nitrogens with one attached hydrogen (secondary N) is 2. The van der Waals surface area contributed by atoms with Gasteiger partial charge in [0, 0.05) is 29.5 Å². The van der Waals surface area contributed by atoms with E-state index < -0.39 is 0 Å². The summed E-state index contributed by atoms with van der Waals surface area (Å²) in [6.45, 7) is 4.38. The number of rotatable bonds is 4. The molecule has 0 aromatic heterocycles. The van der Waals surface area contributed by atoms with Crippen LogP contribution in [0.4, 0.5) is 11.4 Å². The fourth-order valence-corrected chi connectivity index (χ4v) is 3.36. The summed E-state index contributed by atoms with van der Waals surface area (Å²) in [5, 5.41) is 8.35. The standard InChI is InChI=1S/C19H21ClN4S/c1-2-24-10-4-5-15-11-14(8-9-18(15)24)13-21-23-19(25)22-17-7-3-6-16(20)12-17/h3,6-9,11-13H,2,4-5,10H2,1H3,(H2,22,23,25)/b21-13-. The molecule has 0 unspecified atom stereocenters. The number of hydrogen-bond donors (Lipinski definition) is 2. The van der Waals surface area contributed by atoms with Crippen LogP contribution in [-0.4, -0.2) is 24.4 Å². The first-order valence-corrected chi connectivity index (χ1v) is 9.18. The molecule has 0 saturated carbocycles. The molecular formula is C19H21ClN4S. The molecule has 1 aliphatic heterocycles. The van der Waals surface area contributed by atoms with Gasteiger partial charge in [0.15, 0.2) is 5.11 Å². The van der Waals surface area contributed by atoms with E-state index in [1.54, 1.807) is 6.21 Å². The van der Waals surface area contributed by atoms with Crippen molar-refractivity contribution in [3.63, 3.8) is 0 Å². The van der Waals surface area contributed by atoms with Gasteiger partial charge in [-0.25, -0.2) is 0 Å². The van der Waals surface area contributed by atoms with E-state index in [4.69, 9.17) is 23.8 Å². The number of benzene rings is 2. The Morgan fingerprint density at radius 3 is 3.00 bits per heavy atom. The second-order valence-corrected chi connectivity index (χ2v) is 6.75. The molecule has 2 N–H and O–H groups in total. The maximum absolute atomic E-state index is 5.95. The predicted octanol–water partition coefficient (Wildman–Crippen LogP) is 4.43. The van der Waals surface area contributed by atoms with Crippen LogP contribution in [0.5, 0.6) is 0 Å². The van der Waals surface area contributed by atoms with E-state index in [1.165, 1.54) is 17.7 Å². The van der Waals surface area contributed by atoms with E-state index in [9.17, 15) is 0 Å². The van der Waals surface area contributed by atoms with Crippen molar-refractivity contribution in [1.29, 1.82) is 0 Å². The van der Waals surface area contributed by atoms with Gasteiger partial charge >= 0.3 is 0 Å². The Hall–Kier alpha value is -2.11. The average Bonchev–Trinajstić information content (AvgIpc) is 2.61. The summed E-state index contributed by atoms with van der Waals surface area (Å²) in [7, 11) is 0. The van der Waals surface area contributed by atoms with Crippen LogP contribution in [-0.2, 0) is 6.42 Å². The number of hydrogen-bond acceptors (Lipinski definition) is 3. The Balaban J connectivity index is 1.60. The van der Waals surface area contributed by atoms with Crippen molar-refractivity contribution < 1.29 is 0 Å². The van der Waals surface area contributed by atoms with Crippen molar-refractivity contribution in [2.75, 3.05) is 23.3 Å². The SMILES string of the molecule is CCN1CCCc2cc(/C=N\NC(=S)Nc3cccc(Cl)c3)ccc21. The van der Waals surface area contributed by atoms with Crippen LogP contribution in [0.2, 0.25) is 5.02 Å². The molecule has 6 heteroatoms. The van der Waals surface area contributed by atoms with E-state index in [0.29, 0.717) is 10.1 Å². The molecule has 2 aromatic carbocycles. The van der Waals surface area contributed by atoms with Gasteiger partial charge in [-0.1, -0.05) is 23.7 Å². The number of aryl methyl sites for hydroxylation is 1. The summed E-state index contributed by atoms with van der Waals surface area (Å²) in [6, 6.07) is 13.9. The Morgan fingerprint density at radius 1 is 1.32 bits per heavy atom. The molecule has 25 heavy (non-hydrogen) atoms. The fourth-order valence-electron chi connectivity index (χ4n) is 2.99. The number of anilines is 2. The Bertz CT molecular complexity index is 791. The molecule has 0 spiro atoms. The first kappa shape index (κ1) is 17.7. The molecule has 0 radical (unpaired) electrons. The molecule has 0 amide bonds. The molecule has 0 fully saturated rings. The third-order valence-electron chi connectivity index (χ3n) is 4.16. The molecule has 0 atom stereocenters. The highest BCUT2D eigenvalue weighted by atomic mass is 35.5. The van der Waals surface area contributed by atoms with Crippen molar-refractivity contribution in [3.8, 4) is 0 Å². The van der Waals surface area contributed by atoms with Gasteiger partial charge < -0.3 is 10.2 Å². The van der Waals surface area contributed by atoms with Crippen molar-refractivity contribution in [3.05, 3.63) is 58.6 Å². The first-order chi connectivity index (χ1) is 12.2. The zero-order chi connectivity index (χ0) is 17.6. The third kappa shape index (κ3) is 4.71. The number of hydrazone groups is 1. The van der Waals surface area contributed by atoms with Crippen molar-refractivity contribution >= 4 is 46.5 Å². The molecule has 0 bridgehead atoms.